The van der Waals surface area contributed by atoms with Gasteiger partial charge in [-0.1, -0.05) is 13.3 Å². The van der Waals surface area contributed by atoms with Gasteiger partial charge in [0.2, 0.25) is 6.04 Å². The van der Waals surface area contributed by atoms with Crippen molar-refractivity contribution >= 4 is 24.5 Å². The van der Waals surface area contributed by atoms with Gasteiger partial charge in [-0.3, -0.25) is 9.59 Å². The lowest BCUT2D eigenvalue weighted by molar-refractivity contribution is -0.161. The average Bonchev–Trinajstić information content (AvgIpc) is 2.56. The molecular weight excluding hydrogens is 314 g/mol. The summed E-state index contributed by atoms with van der Waals surface area (Å²) in [7, 11) is 0. The van der Waals surface area contributed by atoms with E-state index in [1.807, 2.05) is 6.92 Å². The predicted molar refractivity (Wildman–Crippen MR) is 85.6 cm³/mol. The number of allylic oxidation sites excluding steroid dienone is 2. The summed E-state index contributed by atoms with van der Waals surface area (Å²) in [6, 6.07) is -1.39. The van der Waals surface area contributed by atoms with Crippen molar-refractivity contribution < 1.29 is 28.7 Å². The Kier molecular flexibility index (Phi) is 7.88. The maximum Gasteiger partial charge on any atom is 0.340 e. The number of carbonyl (C=O) groups is 4. The number of aldehydes is 2. The van der Waals surface area contributed by atoms with Crippen molar-refractivity contribution in [3.8, 4) is 0 Å². The van der Waals surface area contributed by atoms with Crippen LogP contribution in [0.4, 0.5) is 0 Å². The molecule has 0 saturated carbocycles. The van der Waals surface area contributed by atoms with Crippen molar-refractivity contribution in [2.24, 2.45) is 5.92 Å². The minimum atomic E-state index is -1.39. The maximum absolute atomic E-state index is 12.2. The van der Waals surface area contributed by atoms with Gasteiger partial charge in [-0.2, -0.15) is 0 Å². The second-order valence-corrected chi connectivity index (χ2v) is 5.19. The van der Waals surface area contributed by atoms with Crippen LogP contribution >= 0.6 is 0 Å². The number of hydrogen-bond acceptors (Lipinski definition) is 7. The monoisotopic (exact) mass is 337 g/mol. The average molecular weight is 337 g/mol. The van der Waals surface area contributed by atoms with Gasteiger partial charge in [-0.25, -0.2) is 9.59 Å². The molecule has 0 aromatic rings. The van der Waals surface area contributed by atoms with Gasteiger partial charge in [0.05, 0.1) is 13.2 Å². The summed E-state index contributed by atoms with van der Waals surface area (Å²) < 4.78 is 9.84. The van der Waals surface area contributed by atoms with E-state index in [4.69, 9.17) is 9.47 Å². The van der Waals surface area contributed by atoms with Gasteiger partial charge in [-0.05, 0) is 20.3 Å². The highest BCUT2D eigenvalue weighted by Crippen LogP contribution is 2.29. The Hall–Kier alpha value is -2.44. The van der Waals surface area contributed by atoms with E-state index in [1.165, 1.54) is 17.3 Å². The second kappa shape index (κ2) is 9.64. The first kappa shape index (κ1) is 19.6. The lowest BCUT2D eigenvalue weighted by Gasteiger charge is -2.31. The summed E-state index contributed by atoms with van der Waals surface area (Å²) in [5.74, 6) is -1.94. The minimum absolute atomic E-state index is 0.0928. The van der Waals surface area contributed by atoms with Crippen molar-refractivity contribution in [2.45, 2.75) is 39.7 Å². The summed E-state index contributed by atoms with van der Waals surface area (Å²) in [6.45, 7) is 5.36. The maximum atomic E-state index is 12.2. The third-order valence-corrected chi connectivity index (χ3v) is 3.57. The van der Waals surface area contributed by atoms with E-state index in [2.05, 4.69) is 0 Å². The largest absolute Gasteiger partial charge is 0.464 e. The molecule has 24 heavy (non-hydrogen) atoms. The molecule has 0 spiro atoms. The van der Waals surface area contributed by atoms with Crippen LogP contribution in [0.1, 0.15) is 33.6 Å². The van der Waals surface area contributed by atoms with Gasteiger partial charge >= 0.3 is 11.9 Å². The first-order valence-corrected chi connectivity index (χ1v) is 7.98. The molecule has 0 atom stereocenters. The van der Waals surface area contributed by atoms with E-state index in [0.29, 0.717) is 30.1 Å². The molecular formula is C17H23NO6. The third kappa shape index (κ3) is 4.53. The first-order valence-electron chi connectivity index (χ1n) is 7.98. The molecule has 0 unspecified atom stereocenters. The number of rotatable bonds is 9. The highest BCUT2D eigenvalue weighted by atomic mass is 16.6. The molecule has 7 heteroatoms. The van der Waals surface area contributed by atoms with Crippen LogP contribution in [-0.4, -0.2) is 48.7 Å². The molecule has 7 nitrogen and oxygen atoms in total. The Labute approximate surface area is 141 Å². The van der Waals surface area contributed by atoms with Crippen LogP contribution in [0.15, 0.2) is 23.5 Å². The Bertz CT molecular complexity index is 507. The highest BCUT2D eigenvalue weighted by molar-refractivity contribution is 6.00. The van der Waals surface area contributed by atoms with E-state index in [9.17, 15) is 19.2 Å². The fraction of sp³-hybridized carbons (Fsp3) is 0.529. The Morgan fingerprint density at radius 2 is 1.50 bits per heavy atom. The predicted octanol–water partition coefficient (Wildman–Crippen LogP) is 1.38. The van der Waals surface area contributed by atoms with Gasteiger partial charge in [0.1, 0.15) is 12.6 Å². The van der Waals surface area contributed by atoms with Crippen LogP contribution in [-0.2, 0) is 28.7 Å². The molecule has 1 heterocycles. The smallest absolute Gasteiger partial charge is 0.340 e. The molecule has 1 aliphatic heterocycles. The molecule has 1 rings (SSSR count). The van der Waals surface area contributed by atoms with Gasteiger partial charge in [0.25, 0.3) is 0 Å². The Balaban J connectivity index is 3.25. The second-order valence-electron chi connectivity index (χ2n) is 5.19. The van der Waals surface area contributed by atoms with Gasteiger partial charge in [0.15, 0.2) is 0 Å². The van der Waals surface area contributed by atoms with Crippen LogP contribution in [0.25, 0.3) is 0 Å². The molecule has 0 fully saturated rings. The zero-order valence-corrected chi connectivity index (χ0v) is 14.2. The summed E-state index contributed by atoms with van der Waals surface area (Å²) in [5.41, 5.74) is 0.667. The van der Waals surface area contributed by atoms with Crippen LogP contribution in [0, 0.1) is 5.92 Å². The van der Waals surface area contributed by atoms with E-state index < -0.39 is 18.0 Å². The zero-order valence-electron chi connectivity index (χ0n) is 14.2. The molecule has 0 saturated heterocycles. The van der Waals surface area contributed by atoms with Crippen molar-refractivity contribution in [2.75, 3.05) is 13.2 Å². The number of esters is 2. The fourth-order valence-electron chi connectivity index (χ4n) is 2.53. The lowest BCUT2D eigenvalue weighted by Crippen LogP contribution is -2.45. The van der Waals surface area contributed by atoms with E-state index in [-0.39, 0.29) is 19.1 Å². The SMILES string of the molecule is CCCC1C(C=O)=CN(C(C(=O)OCC)C(=O)OCC)C=C1C=O. The summed E-state index contributed by atoms with van der Waals surface area (Å²) in [6.07, 6.45) is 5.47. The van der Waals surface area contributed by atoms with Crippen molar-refractivity contribution in [1.29, 1.82) is 0 Å². The van der Waals surface area contributed by atoms with Crippen LogP contribution in [0.5, 0.6) is 0 Å². The molecule has 132 valence electrons. The number of hydrogen-bond donors (Lipinski definition) is 0. The fourth-order valence-corrected chi connectivity index (χ4v) is 2.53. The van der Waals surface area contributed by atoms with Crippen molar-refractivity contribution in [3.63, 3.8) is 0 Å². The molecule has 0 aromatic carbocycles. The normalized spacial score (nSPS) is 14.8. The summed E-state index contributed by atoms with van der Waals surface area (Å²) in [5, 5.41) is 0. The number of nitrogens with zero attached hydrogens (tertiary/aromatic N) is 1. The third-order valence-electron chi connectivity index (χ3n) is 3.57. The van der Waals surface area contributed by atoms with E-state index in [1.54, 1.807) is 13.8 Å². The molecule has 0 N–H and O–H groups in total. The quantitative estimate of drug-likeness (QED) is 0.357. The van der Waals surface area contributed by atoms with Crippen molar-refractivity contribution in [1.82, 2.24) is 4.90 Å². The van der Waals surface area contributed by atoms with Crippen LogP contribution in [0.2, 0.25) is 0 Å². The van der Waals surface area contributed by atoms with Gasteiger partial charge < -0.3 is 14.4 Å². The van der Waals surface area contributed by atoms with Crippen LogP contribution < -0.4 is 0 Å². The lowest BCUT2D eigenvalue weighted by atomic mass is 9.87. The van der Waals surface area contributed by atoms with E-state index >= 15 is 0 Å². The molecule has 1 aliphatic rings. The molecule has 0 bridgehead atoms. The topological polar surface area (TPSA) is 90.0 Å². The molecule has 0 radical (unpaired) electrons. The number of ether oxygens (including phenoxy) is 2. The van der Waals surface area contributed by atoms with Crippen molar-refractivity contribution in [3.05, 3.63) is 23.5 Å². The highest BCUT2D eigenvalue weighted by Gasteiger charge is 2.36. The number of carbonyl (C=O) groups excluding carboxylic acids is 4. The Morgan fingerprint density at radius 1 is 1.04 bits per heavy atom. The minimum Gasteiger partial charge on any atom is -0.464 e. The Morgan fingerprint density at radius 3 is 1.83 bits per heavy atom. The van der Waals surface area contributed by atoms with Gasteiger partial charge in [0, 0.05) is 29.5 Å². The van der Waals surface area contributed by atoms with Gasteiger partial charge in [-0.15, -0.1) is 0 Å². The zero-order chi connectivity index (χ0) is 18.1. The van der Waals surface area contributed by atoms with Crippen LogP contribution in [0.3, 0.4) is 0 Å². The summed E-state index contributed by atoms with van der Waals surface area (Å²) >= 11 is 0. The van der Waals surface area contributed by atoms with E-state index in [0.717, 1.165) is 6.42 Å². The molecule has 0 aliphatic carbocycles. The molecule has 0 aromatic heterocycles. The first-order chi connectivity index (χ1) is 11.5. The summed E-state index contributed by atoms with van der Waals surface area (Å²) in [4.78, 5) is 48.3. The standard InChI is InChI=1S/C17H23NO6/c1-4-7-14-12(10-19)8-18(9-13(14)11-20)15(16(21)23-5-2)17(22)24-6-3/h8-11,14-15H,4-7H2,1-3H3. The molecule has 0 amide bonds.